The van der Waals surface area contributed by atoms with Gasteiger partial charge in [-0.1, -0.05) is 106 Å². The molecular weight excluding hydrogens is 726 g/mol. The van der Waals surface area contributed by atoms with Crippen molar-refractivity contribution < 1.29 is 4.39 Å². The maximum atomic E-state index is 15.5. The number of hydrogen-bond acceptors (Lipinski definition) is 2. The van der Waals surface area contributed by atoms with Gasteiger partial charge in [-0.3, -0.25) is 0 Å². The molecule has 1 nitrogen and oxygen atoms in total. The van der Waals surface area contributed by atoms with Crippen molar-refractivity contribution in [2.24, 2.45) is 57.2 Å². The van der Waals surface area contributed by atoms with E-state index in [1.54, 1.807) is 18.2 Å². The number of fused-ring (bicyclic) bond motifs is 7. The van der Waals surface area contributed by atoms with Crippen LogP contribution < -0.4 is 0 Å². The first-order valence-electron chi connectivity index (χ1n) is 23.0. The van der Waals surface area contributed by atoms with Gasteiger partial charge in [0.25, 0.3) is 0 Å². The summed E-state index contributed by atoms with van der Waals surface area (Å²) in [5.41, 5.74) is 4.29. The van der Waals surface area contributed by atoms with Crippen molar-refractivity contribution in [1.82, 2.24) is 4.90 Å². The van der Waals surface area contributed by atoms with Crippen molar-refractivity contribution >= 4 is 23.4 Å². The van der Waals surface area contributed by atoms with E-state index in [0.717, 1.165) is 47.1 Å². The Hall–Kier alpha value is -2.10. The van der Waals surface area contributed by atoms with Gasteiger partial charge >= 0.3 is 0 Å². The normalized spacial score (nSPS) is 33.1. The topological polar surface area (TPSA) is 3.24 Å². The van der Waals surface area contributed by atoms with Gasteiger partial charge < -0.3 is 4.90 Å². The number of hydrogen-bond donors (Lipinski definition) is 0. The van der Waals surface area contributed by atoms with E-state index in [2.05, 4.69) is 110 Å². The Morgan fingerprint density at radius 3 is 2.07 bits per heavy atom. The zero-order chi connectivity index (χ0) is 43.0. The zero-order valence-electron chi connectivity index (χ0n) is 38.5. The van der Waals surface area contributed by atoms with Gasteiger partial charge in [-0.05, 0) is 158 Å². The van der Waals surface area contributed by atoms with Gasteiger partial charge in [-0.25, -0.2) is 4.39 Å². The lowest BCUT2D eigenvalue weighted by molar-refractivity contribution is -0.183. The van der Waals surface area contributed by atoms with Crippen molar-refractivity contribution in [3.05, 3.63) is 99.9 Å². The molecule has 3 heteroatoms. The van der Waals surface area contributed by atoms with Crippen molar-refractivity contribution in [2.45, 2.75) is 146 Å². The Morgan fingerprint density at radius 2 is 1.48 bits per heavy atom. The SMILES string of the molecule is C.C=C.C=C.C=C.C=CC.C=Cc1ccc(C2=CCC3(C)C(CCC4(C)C5CCC6(C(CC)CCCN7CCSCC7)CCCC6C5CCC43)C2(C)C)c(F)c1.CC. The average Bonchev–Trinajstić information content (AvgIpc) is 3.69. The number of halogens is 1. The molecule has 1 aliphatic heterocycles. The Balaban J connectivity index is 0.00000129. The van der Waals surface area contributed by atoms with Crippen LogP contribution in [-0.2, 0) is 0 Å². The predicted octanol–water partition coefficient (Wildman–Crippen LogP) is 17.0. The third kappa shape index (κ3) is 10.7. The second-order valence-electron chi connectivity index (χ2n) is 18.4. The molecule has 0 radical (unpaired) electrons. The molecule has 6 aliphatic rings. The summed E-state index contributed by atoms with van der Waals surface area (Å²) in [6.45, 7) is 47.9. The van der Waals surface area contributed by atoms with Crippen LogP contribution in [0.4, 0.5) is 4.39 Å². The molecule has 58 heavy (non-hydrogen) atoms. The fourth-order valence-corrected chi connectivity index (χ4v) is 15.2. The van der Waals surface area contributed by atoms with Gasteiger partial charge in [0.05, 0.1) is 0 Å². The van der Waals surface area contributed by atoms with Crippen LogP contribution in [0.25, 0.3) is 11.6 Å². The summed E-state index contributed by atoms with van der Waals surface area (Å²) >= 11 is 2.14. The van der Waals surface area contributed by atoms with Gasteiger partial charge in [0.1, 0.15) is 5.82 Å². The molecule has 4 saturated carbocycles. The van der Waals surface area contributed by atoms with Crippen LogP contribution in [0.1, 0.15) is 157 Å². The number of rotatable bonds is 8. The van der Waals surface area contributed by atoms with Crippen LogP contribution in [0.5, 0.6) is 0 Å². The standard InChI is InChI=1S/C43H64FNS.C3H6.C2H6.3C2H4.CH4/c1-7-30-13-14-33(37(44)29-30)34-17-21-42(6)38(40(34,3)4)19-22-41(5)35-18-23-43(20-9-12-36(43)32(35)15-16-39(41)42)31(8-2)11-10-24-45-25-27-46-28-26-45;1-3-2;4*1-2;/h7,13-14,17,29,31-32,35-36,38-39H,1,8-12,15-16,18-28H2,2-6H3;3H,1H2,2H3;1-2H3;3*1-2H2;1H4. The van der Waals surface area contributed by atoms with Crippen LogP contribution in [0.2, 0.25) is 0 Å². The quantitative estimate of drug-likeness (QED) is 0.240. The third-order valence-corrected chi connectivity index (χ3v) is 17.1. The summed E-state index contributed by atoms with van der Waals surface area (Å²) in [5.74, 6) is 7.73. The molecule has 1 heterocycles. The highest BCUT2D eigenvalue weighted by atomic mass is 32.2. The highest BCUT2D eigenvalue weighted by molar-refractivity contribution is 7.99. The smallest absolute Gasteiger partial charge is 0.131 e. The Morgan fingerprint density at radius 1 is 0.845 bits per heavy atom. The maximum absolute atomic E-state index is 15.5. The summed E-state index contributed by atoms with van der Waals surface area (Å²) in [4.78, 5) is 2.75. The number of nitrogens with zero attached hydrogens (tertiary/aromatic N) is 1. The van der Waals surface area contributed by atoms with Crippen LogP contribution in [0.3, 0.4) is 0 Å². The molecule has 0 amide bonds. The number of thioether (sulfide) groups is 1. The van der Waals surface area contributed by atoms with Crippen LogP contribution in [-0.4, -0.2) is 36.0 Å². The highest BCUT2D eigenvalue weighted by Gasteiger charge is 2.66. The molecule has 7 rings (SSSR count). The van der Waals surface area contributed by atoms with Gasteiger partial charge in [-0.15, -0.1) is 46.1 Å². The van der Waals surface area contributed by atoms with E-state index in [9.17, 15) is 0 Å². The predicted molar refractivity (Wildman–Crippen MR) is 265 cm³/mol. The summed E-state index contributed by atoms with van der Waals surface area (Å²) in [7, 11) is 0. The fraction of sp³-hybridized carbons (Fsp3) is 0.673. The minimum atomic E-state index is -0.0836. The Kier molecular flexibility index (Phi) is 23.2. The molecule has 5 fully saturated rings. The third-order valence-electron chi connectivity index (χ3n) is 16.1. The minimum Gasteiger partial charge on any atom is -0.302 e. The lowest BCUT2D eigenvalue weighted by Gasteiger charge is -2.69. The van der Waals surface area contributed by atoms with E-state index in [0.29, 0.717) is 22.2 Å². The molecule has 0 spiro atoms. The van der Waals surface area contributed by atoms with Crippen LogP contribution in [0.15, 0.2) is 83.0 Å². The molecule has 5 aliphatic carbocycles. The van der Waals surface area contributed by atoms with Crippen molar-refractivity contribution in [3.8, 4) is 0 Å². The average molecular weight is 818 g/mol. The van der Waals surface area contributed by atoms with Crippen molar-refractivity contribution in [3.63, 3.8) is 0 Å². The first kappa shape index (κ1) is 53.9. The lowest BCUT2D eigenvalue weighted by Crippen LogP contribution is -2.61. The molecular formula is C55H92FNS. The van der Waals surface area contributed by atoms with E-state index in [-0.39, 0.29) is 18.7 Å². The minimum absolute atomic E-state index is 0. The van der Waals surface area contributed by atoms with E-state index >= 15 is 4.39 Å². The number of allylic oxidation sites excluding steroid dienone is 3. The van der Waals surface area contributed by atoms with Crippen molar-refractivity contribution in [2.75, 3.05) is 31.1 Å². The molecule has 0 N–H and O–H groups in total. The molecule has 330 valence electrons. The molecule has 9 atom stereocenters. The van der Waals surface area contributed by atoms with Gasteiger partial charge in [-0.2, -0.15) is 11.8 Å². The zero-order valence-corrected chi connectivity index (χ0v) is 39.4. The summed E-state index contributed by atoms with van der Waals surface area (Å²) < 4.78 is 15.5. The summed E-state index contributed by atoms with van der Waals surface area (Å²) in [6.07, 6.45) is 24.4. The maximum Gasteiger partial charge on any atom is 0.131 e. The van der Waals surface area contributed by atoms with E-state index < -0.39 is 0 Å². The van der Waals surface area contributed by atoms with Crippen LogP contribution >= 0.6 is 11.8 Å². The Labute approximate surface area is 365 Å². The van der Waals surface area contributed by atoms with E-state index in [4.69, 9.17) is 0 Å². The molecule has 0 aromatic heterocycles. The van der Waals surface area contributed by atoms with E-state index in [1.807, 2.05) is 32.9 Å². The van der Waals surface area contributed by atoms with Gasteiger partial charge in [0.2, 0.25) is 0 Å². The molecule has 1 saturated heterocycles. The van der Waals surface area contributed by atoms with Gasteiger partial charge in [0, 0.05) is 30.2 Å². The molecule has 1 aromatic carbocycles. The highest BCUT2D eigenvalue weighted by Crippen LogP contribution is 2.74. The summed E-state index contributed by atoms with van der Waals surface area (Å²) in [6, 6.07) is 5.74. The first-order valence-corrected chi connectivity index (χ1v) is 24.2. The van der Waals surface area contributed by atoms with Crippen LogP contribution in [0, 0.1) is 63.0 Å². The fourth-order valence-electron chi connectivity index (χ4n) is 14.2. The van der Waals surface area contributed by atoms with E-state index in [1.165, 1.54) is 114 Å². The molecule has 1 aromatic rings. The largest absolute Gasteiger partial charge is 0.302 e. The van der Waals surface area contributed by atoms with Crippen molar-refractivity contribution in [1.29, 1.82) is 0 Å². The second kappa shape index (κ2) is 25.0. The first-order chi connectivity index (χ1) is 27.5. The number of benzene rings is 1. The lowest BCUT2D eigenvalue weighted by atomic mass is 9.36. The summed E-state index contributed by atoms with van der Waals surface area (Å²) in [5, 5.41) is 0. The molecule has 0 bridgehead atoms. The Bertz CT molecular complexity index is 1400. The molecule has 9 unspecified atom stereocenters. The van der Waals surface area contributed by atoms with Gasteiger partial charge in [0.15, 0.2) is 0 Å². The second-order valence-corrected chi connectivity index (χ2v) is 19.6. The monoisotopic (exact) mass is 818 g/mol.